The Bertz CT molecular complexity index is 919. The molecule has 0 bridgehead atoms. The summed E-state index contributed by atoms with van der Waals surface area (Å²) in [5, 5.41) is 5.03. The van der Waals surface area contributed by atoms with Crippen LogP contribution in [-0.2, 0) is 6.54 Å². The average Bonchev–Trinajstić information content (AvgIpc) is 2.93. The molecular formula is C14H14Cl2N6O. The minimum absolute atomic E-state index is 0.275. The summed E-state index contributed by atoms with van der Waals surface area (Å²) in [7, 11) is 1.77. The van der Waals surface area contributed by atoms with E-state index in [0.717, 1.165) is 5.69 Å². The highest BCUT2D eigenvalue weighted by molar-refractivity contribution is 6.42. The van der Waals surface area contributed by atoms with Crippen molar-refractivity contribution in [1.29, 1.82) is 0 Å². The van der Waals surface area contributed by atoms with Crippen molar-refractivity contribution in [3.63, 3.8) is 0 Å². The third kappa shape index (κ3) is 2.90. The van der Waals surface area contributed by atoms with E-state index in [1.54, 1.807) is 41.0 Å². The summed E-state index contributed by atoms with van der Waals surface area (Å²) in [5.74, 6) is 0.383. The van der Waals surface area contributed by atoms with Gasteiger partial charge in [0.1, 0.15) is 5.52 Å². The smallest absolute Gasteiger partial charge is 0.278 e. The molecule has 0 saturated heterocycles. The molecule has 7 nitrogen and oxygen atoms in total. The van der Waals surface area contributed by atoms with Crippen LogP contribution in [0.2, 0.25) is 10.0 Å². The van der Waals surface area contributed by atoms with Crippen LogP contribution in [0.4, 0.5) is 11.6 Å². The number of H-pyrrole nitrogens is 1. The fourth-order valence-electron chi connectivity index (χ4n) is 2.26. The predicted molar refractivity (Wildman–Crippen MR) is 91.7 cm³/mol. The molecule has 0 atom stereocenters. The monoisotopic (exact) mass is 352 g/mol. The number of nitrogens with one attached hydrogen (secondary N) is 1. The Labute approximate surface area is 141 Å². The van der Waals surface area contributed by atoms with E-state index in [1.165, 1.54) is 0 Å². The lowest BCUT2D eigenvalue weighted by atomic mass is 10.3. The minimum Gasteiger partial charge on any atom is -0.329 e. The lowest BCUT2D eigenvalue weighted by Crippen LogP contribution is -2.21. The van der Waals surface area contributed by atoms with Gasteiger partial charge in [0.25, 0.3) is 5.56 Å². The second kappa shape index (κ2) is 6.19. The number of benzene rings is 1. The number of rotatable bonds is 4. The second-order valence-electron chi connectivity index (χ2n) is 4.94. The number of anilines is 2. The molecule has 0 unspecified atom stereocenters. The van der Waals surface area contributed by atoms with Crippen LogP contribution in [0.25, 0.3) is 11.0 Å². The van der Waals surface area contributed by atoms with Crippen LogP contribution in [0.1, 0.15) is 0 Å². The summed E-state index contributed by atoms with van der Waals surface area (Å²) in [4.78, 5) is 21.2. The van der Waals surface area contributed by atoms with E-state index in [4.69, 9.17) is 28.9 Å². The molecule has 0 aliphatic carbocycles. The zero-order chi connectivity index (χ0) is 16.6. The summed E-state index contributed by atoms with van der Waals surface area (Å²) >= 11 is 12.0. The molecule has 0 saturated carbocycles. The zero-order valence-corrected chi connectivity index (χ0v) is 13.8. The van der Waals surface area contributed by atoms with Crippen molar-refractivity contribution in [3.05, 3.63) is 44.8 Å². The Morgan fingerprint density at radius 2 is 2.13 bits per heavy atom. The maximum absolute atomic E-state index is 12.3. The zero-order valence-electron chi connectivity index (χ0n) is 12.3. The number of aromatic amines is 1. The molecule has 0 spiro atoms. The lowest BCUT2D eigenvalue weighted by Gasteiger charge is -2.18. The molecule has 1 aromatic carbocycles. The van der Waals surface area contributed by atoms with Crippen LogP contribution >= 0.6 is 23.2 Å². The first-order valence-electron chi connectivity index (χ1n) is 6.86. The number of hydrogen-bond acceptors (Lipinski definition) is 5. The van der Waals surface area contributed by atoms with Gasteiger partial charge in [-0.1, -0.05) is 23.2 Å². The standard InChI is InChI=1S/C14H14Cl2N6O/c1-21(8-2-3-9(15)10(16)6-8)14-19-11-7-18-22(5-4-17)12(11)13(23)20-14/h2-3,6-7H,4-5,17H2,1H3,(H,19,20,23). The fraction of sp³-hybridized carbons (Fsp3) is 0.214. The van der Waals surface area contributed by atoms with Crippen molar-refractivity contribution in [1.82, 2.24) is 19.7 Å². The van der Waals surface area contributed by atoms with E-state index >= 15 is 0 Å². The van der Waals surface area contributed by atoms with Gasteiger partial charge in [-0.3, -0.25) is 14.5 Å². The Balaban J connectivity index is 2.06. The van der Waals surface area contributed by atoms with Gasteiger partial charge in [0.05, 0.1) is 22.8 Å². The lowest BCUT2D eigenvalue weighted by molar-refractivity contribution is 0.643. The Kier molecular flexibility index (Phi) is 4.25. The summed E-state index contributed by atoms with van der Waals surface area (Å²) in [6.07, 6.45) is 1.55. The van der Waals surface area contributed by atoms with Gasteiger partial charge >= 0.3 is 0 Å². The van der Waals surface area contributed by atoms with Crippen molar-refractivity contribution >= 4 is 45.9 Å². The van der Waals surface area contributed by atoms with Crippen LogP contribution in [0.3, 0.4) is 0 Å². The largest absolute Gasteiger partial charge is 0.329 e. The van der Waals surface area contributed by atoms with Crippen LogP contribution in [0.5, 0.6) is 0 Å². The maximum atomic E-state index is 12.3. The summed E-state index contributed by atoms with van der Waals surface area (Å²) in [5.41, 5.74) is 6.90. The highest BCUT2D eigenvalue weighted by atomic mass is 35.5. The molecule has 3 aromatic rings. The molecule has 3 rings (SSSR count). The van der Waals surface area contributed by atoms with Crippen LogP contribution < -0.4 is 16.2 Å². The number of hydrogen-bond donors (Lipinski definition) is 2. The second-order valence-corrected chi connectivity index (χ2v) is 5.75. The first-order valence-corrected chi connectivity index (χ1v) is 7.61. The van der Waals surface area contributed by atoms with Crippen LogP contribution in [0, 0.1) is 0 Å². The fourth-order valence-corrected chi connectivity index (χ4v) is 2.55. The predicted octanol–water partition coefficient (Wildman–Crippen LogP) is 2.15. The normalized spacial score (nSPS) is 11.1. The van der Waals surface area contributed by atoms with E-state index < -0.39 is 0 Å². The van der Waals surface area contributed by atoms with Gasteiger partial charge in [-0.05, 0) is 18.2 Å². The van der Waals surface area contributed by atoms with E-state index in [2.05, 4.69) is 15.1 Å². The third-order valence-corrected chi connectivity index (χ3v) is 4.18. The van der Waals surface area contributed by atoms with Crippen molar-refractivity contribution in [2.45, 2.75) is 6.54 Å². The highest BCUT2D eigenvalue weighted by Gasteiger charge is 2.14. The molecule has 0 aliphatic heterocycles. The molecule has 9 heteroatoms. The van der Waals surface area contributed by atoms with Gasteiger partial charge in [-0.2, -0.15) is 5.10 Å². The molecule has 23 heavy (non-hydrogen) atoms. The van der Waals surface area contributed by atoms with Gasteiger partial charge in [-0.15, -0.1) is 0 Å². The van der Waals surface area contributed by atoms with Crippen molar-refractivity contribution in [2.24, 2.45) is 5.73 Å². The quantitative estimate of drug-likeness (QED) is 0.750. The number of halogens is 2. The van der Waals surface area contributed by atoms with E-state index in [1.807, 2.05) is 0 Å². The molecule has 0 fully saturated rings. The molecular weight excluding hydrogens is 339 g/mol. The average molecular weight is 353 g/mol. The van der Waals surface area contributed by atoms with Crippen LogP contribution in [0.15, 0.2) is 29.2 Å². The van der Waals surface area contributed by atoms with Crippen LogP contribution in [-0.4, -0.2) is 33.3 Å². The van der Waals surface area contributed by atoms with Gasteiger partial charge in [0.2, 0.25) is 5.95 Å². The molecule has 0 amide bonds. The van der Waals surface area contributed by atoms with Gasteiger partial charge in [0, 0.05) is 19.3 Å². The summed E-state index contributed by atoms with van der Waals surface area (Å²) < 4.78 is 1.55. The minimum atomic E-state index is -0.275. The molecule has 3 N–H and O–H groups in total. The van der Waals surface area contributed by atoms with Crippen molar-refractivity contribution in [3.8, 4) is 0 Å². The Morgan fingerprint density at radius 1 is 1.35 bits per heavy atom. The summed E-state index contributed by atoms with van der Waals surface area (Å²) in [6, 6.07) is 5.17. The number of fused-ring (bicyclic) bond motifs is 1. The Hall–Kier alpha value is -2.09. The van der Waals surface area contributed by atoms with Crippen molar-refractivity contribution < 1.29 is 0 Å². The first kappa shape index (κ1) is 15.8. The summed E-state index contributed by atoms with van der Waals surface area (Å²) in [6.45, 7) is 0.845. The molecule has 2 heterocycles. The van der Waals surface area contributed by atoms with Gasteiger partial charge in [0.15, 0.2) is 5.52 Å². The topological polar surface area (TPSA) is 92.8 Å². The Morgan fingerprint density at radius 3 is 2.83 bits per heavy atom. The molecule has 120 valence electrons. The van der Waals surface area contributed by atoms with Crippen molar-refractivity contribution in [2.75, 3.05) is 18.5 Å². The number of nitrogens with zero attached hydrogens (tertiary/aromatic N) is 4. The third-order valence-electron chi connectivity index (χ3n) is 3.44. The van der Waals surface area contributed by atoms with Gasteiger partial charge in [-0.25, -0.2) is 4.98 Å². The van der Waals surface area contributed by atoms with E-state index in [9.17, 15) is 4.79 Å². The highest BCUT2D eigenvalue weighted by Crippen LogP contribution is 2.29. The first-order chi connectivity index (χ1) is 11.0. The molecule has 0 aliphatic rings. The number of aromatic nitrogens is 4. The molecule has 0 radical (unpaired) electrons. The van der Waals surface area contributed by atoms with Gasteiger partial charge < -0.3 is 10.6 Å². The van der Waals surface area contributed by atoms with E-state index in [0.29, 0.717) is 40.1 Å². The van der Waals surface area contributed by atoms with E-state index in [-0.39, 0.29) is 5.56 Å². The SMILES string of the molecule is CN(c1ccc(Cl)c(Cl)c1)c1nc2cnn(CCN)c2c(=O)[nH]1. The maximum Gasteiger partial charge on any atom is 0.278 e. The molecule has 2 aromatic heterocycles. The number of nitrogens with two attached hydrogens (primary N) is 1.